The molecule has 29 heavy (non-hydrogen) atoms. The van der Waals surface area contributed by atoms with Crippen LogP contribution in [0.15, 0.2) is 41.5 Å². The van der Waals surface area contributed by atoms with Crippen molar-refractivity contribution in [3.05, 3.63) is 36.5 Å². The fourth-order valence-electron chi connectivity index (χ4n) is 3.99. The molecule has 1 aliphatic heterocycles. The molecule has 1 atom stereocenters. The first kappa shape index (κ1) is 21.7. The summed E-state index contributed by atoms with van der Waals surface area (Å²) in [5.74, 6) is 0.934. The number of piperazine rings is 1. The zero-order valence-electron chi connectivity index (χ0n) is 18.4. The van der Waals surface area contributed by atoms with Gasteiger partial charge in [-0.15, -0.1) is 0 Å². The number of aryl methyl sites for hydroxylation is 1. The highest BCUT2D eigenvalue weighted by Crippen LogP contribution is 2.15. The van der Waals surface area contributed by atoms with Crippen LogP contribution < -0.4 is 10.6 Å². The lowest BCUT2D eigenvalue weighted by Crippen LogP contribution is -2.50. The van der Waals surface area contributed by atoms with E-state index in [9.17, 15) is 0 Å². The Morgan fingerprint density at radius 3 is 2.62 bits per heavy atom. The Morgan fingerprint density at radius 2 is 1.86 bits per heavy atom. The van der Waals surface area contributed by atoms with Crippen molar-refractivity contribution in [3.63, 3.8) is 0 Å². The average Bonchev–Trinajstić information content (AvgIpc) is 3.18. The van der Waals surface area contributed by atoms with Gasteiger partial charge in [-0.3, -0.25) is 9.89 Å². The summed E-state index contributed by atoms with van der Waals surface area (Å²) >= 11 is 0. The van der Waals surface area contributed by atoms with Gasteiger partial charge in [-0.05, 0) is 44.3 Å². The Morgan fingerprint density at radius 1 is 1.07 bits per heavy atom. The van der Waals surface area contributed by atoms with Gasteiger partial charge in [0.05, 0.1) is 6.54 Å². The van der Waals surface area contributed by atoms with E-state index >= 15 is 0 Å². The monoisotopic (exact) mass is 398 g/mol. The van der Waals surface area contributed by atoms with Crippen molar-refractivity contribution in [3.8, 4) is 0 Å². The number of guanidine groups is 1. The Labute approximate surface area is 176 Å². The second kappa shape index (κ2) is 11.2. The van der Waals surface area contributed by atoms with E-state index in [-0.39, 0.29) is 0 Å². The third-order valence-electron chi connectivity index (χ3n) is 5.88. The lowest BCUT2D eigenvalue weighted by molar-refractivity contribution is 0.109. The normalized spacial score (nSPS) is 17.6. The number of nitrogens with one attached hydrogen (secondary N) is 2. The van der Waals surface area contributed by atoms with Crippen molar-refractivity contribution < 1.29 is 0 Å². The SMILES string of the molecule is CCNC(=NCC(C)N1CCN(CC)CC1)NCCCn1ccc2ccccc21. The summed E-state index contributed by atoms with van der Waals surface area (Å²) in [5, 5.41) is 8.20. The quantitative estimate of drug-likeness (QED) is 0.387. The third-order valence-corrected chi connectivity index (χ3v) is 5.88. The number of nitrogens with zero attached hydrogens (tertiary/aromatic N) is 4. The maximum atomic E-state index is 4.84. The Kier molecular flexibility index (Phi) is 8.38. The van der Waals surface area contributed by atoms with E-state index in [1.165, 1.54) is 24.0 Å². The molecule has 0 saturated carbocycles. The van der Waals surface area contributed by atoms with Crippen LogP contribution in [0, 0.1) is 0 Å². The van der Waals surface area contributed by atoms with Crippen LogP contribution in [0.2, 0.25) is 0 Å². The van der Waals surface area contributed by atoms with E-state index < -0.39 is 0 Å². The van der Waals surface area contributed by atoms with Crippen molar-refractivity contribution in [2.45, 2.75) is 39.8 Å². The molecule has 1 unspecified atom stereocenters. The minimum absolute atomic E-state index is 0.482. The molecule has 0 amide bonds. The van der Waals surface area contributed by atoms with E-state index in [1.54, 1.807) is 0 Å². The molecule has 3 rings (SSSR count). The van der Waals surface area contributed by atoms with Crippen LogP contribution in [0.3, 0.4) is 0 Å². The second-order valence-electron chi connectivity index (χ2n) is 7.89. The van der Waals surface area contributed by atoms with Gasteiger partial charge in [0.25, 0.3) is 0 Å². The zero-order valence-corrected chi connectivity index (χ0v) is 18.4. The number of fused-ring (bicyclic) bond motifs is 1. The number of hydrogen-bond donors (Lipinski definition) is 2. The van der Waals surface area contributed by atoms with E-state index in [2.05, 4.69) is 82.3 Å². The fourth-order valence-corrected chi connectivity index (χ4v) is 3.99. The van der Waals surface area contributed by atoms with Crippen LogP contribution >= 0.6 is 0 Å². The summed E-state index contributed by atoms with van der Waals surface area (Å²) in [6, 6.07) is 11.2. The lowest BCUT2D eigenvalue weighted by Gasteiger charge is -2.37. The number of aliphatic imine (C=N–C) groups is 1. The molecule has 0 radical (unpaired) electrons. The van der Waals surface area contributed by atoms with E-state index in [4.69, 9.17) is 4.99 Å². The first-order valence-electron chi connectivity index (χ1n) is 11.2. The molecular weight excluding hydrogens is 360 g/mol. The molecule has 6 heteroatoms. The van der Waals surface area contributed by atoms with Crippen molar-refractivity contribution in [1.29, 1.82) is 0 Å². The Bertz CT molecular complexity index is 760. The molecule has 0 bridgehead atoms. The highest BCUT2D eigenvalue weighted by molar-refractivity contribution is 5.80. The smallest absolute Gasteiger partial charge is 0.191 e. The van der Waals surface area contributed by atoms with Crippen molar-refractivity contribution in [1.82, 2.24) is 25.0 Å². The van der Waals surface area contributed by atoms with Gasteiger partial charge >= 0.3 is 0 Å². The Balaban J connectivity index is 1.43. The van der Waals surface area contributed by atoms with Gasteiger partial charge in [-0.2, -0.15) is 0 Å². The molecule has 1 saturated heterocycles. The van der Waals surface area contributed by atoms with Crippen molar-refractivity contribution in [2.75, 3.05) is 52.4 Å². The van der Waals surface area contributed by atoms with Gasteiger partial charge in [0.2, 0.25) is 0 Å². The molecule has 2 aromatic rings. The molecule has 1 aromatic carbocycles. The van der Waals surface area contributed by atoms with Crippen LogP contribution in [-0.4, -0.2) is 78.7 Å². The minimum atomic E-state index is 0.482. The molecule has 0 aliphatic carbocycles. The van der Waals surface area contributed by atoms with Gasteiger partial charge < -0.3 is 20.1 Å². The standard InChI is InChI=1S/C23H38N6/c1-4-24-23(26-19-20(3)28-17-15-27(5-2)16-18-28)25-12-8-13-29-14-11-21-9-6-7-10-22(21)29/h6-7,9-11,14,20H,4-5,8,12-13,15-19H2,1-3H3,(H2,24,25,26). The number of hydrogen-bond acceptors (Lipinski definition) is 3. The molecule has 6 nitrogen and oxygen atoms in total. The fraction of sp³-hybridized carbons (Fsp3) is 0.609. The van der Waals surface area contributed by atoms with Crippen LogP contribution in [0.1, 0.15) is 27.2 Å². The first-order valence-corrected chi connectivity index (χ1v) is 11.2. The largest absolute Gasteiger partial charge is 0.357 e. The van der Waals surface area contributed by atoms with Crippen LogP contribution in [0.25, 0.3) is 10.9 Å². The first-order chi connectivity index (χ1) is 14.2. The number of aromatic nitrogens is 1. The topological polar surface area (TPSA) is 47.8 Å². The lowest BCUT2D eigenvalue weighted by atomic mass is 10.2. The van der Waals surface area contributed by atoms with E-state index in [0.29, 0.717) is 6.04 Å². The molecule has 1 aromatic heterocycles. The maximum Gasteiger partial charge on any atom is 0.191 e. The van der Waals surface area contributed by atoms with Gasteiger partial charge in [-0.1, -0.05) is 25.1 Å². The van der Waals surface area contributed by atoms with Crippen LogP contribution in [0.5, 0.6) is 0 Å². The minimum Gasteiger partial charge on any atom is -0.357 e. The molecule has 1 aliphatic rings. The average molecular weight is 399 g/mol. The van der Waals surface area contributed by atoms with Gasteiger partial charge in [-0.25, -0.2) is 0 Å². The number of rotatable bonds is 9. The number of benzene rings is 1. The molecule has 2 heterocycles. The van der Waals surface area contributed by atoms with Crippen molar-refractivity contribution in [2.24, 2.45) is 4.99 Å². The summed E-state index contributed by atoms with van der Waals surface area (Å²) in [6.07, 6.45) is 3.25. The molecular formula is C23H38N6. The molecule has 1 fully saturated rings. The number of para-hydroxylation sites is 1. The second-order valence-corrected chi connectivity index (χ2v) is 7.89. The summed E-state index contributed by atoms with van der Waals surface area (Å²) in [4.78, 5) is 9.93. The predicted molar refractivity (Wildman–Crippen MR) is 124 cm³/mol. The van der Waals surface area contributed by atoms with Gasteiger partial charge in [0.1, 0.15) is 0 Å². The molecule has 160 valence electrons. The number of likely N-dealkylation sites (N-methyl/N-ethyl adjacent to an activating group) is 1. The Hall–Kier alpha value is -2.05. The highest BCUT2D eigenvalue weighted by atomic mass is 15.3. The summed E-state index contributed by atoms with van der Waals surface area (Å²) in [5.41, 5.74) is 1.31. The van der Waals surface area contributed by atoms with Crippen molar-refractivity contribution >= 4 is 16.9 Å². The molecule has 0 spiro atoms. The van der Waals surface area contributed by atoms with Gasteiger partial charge in [0.15, 0.2) is 5.96 Å². The zero-order chi connectivity index (χ0) is 20.5. The predicted octanol–water partition coefficient (Wildman–Crippen LogP) is 2.61. The summed E-state index contributed by atoms with van der Waals surface area (Å²) in [7, 11) is 0. The molecule has 2 N–H and O–H groups in total. The van der Waals surface area contributed by atoms with E-state index in [0.717, 1.165) is 58.2 Å². The summed E-state index contributed by atoms with van der Waals surface area (Å²) < 4.78 is 2.33. The van der Waals surface area contributed by atoms with E-state index in [1.807, 2.05) is 0 Å². The third kappa shape index (κ3) is 6.21. The maximum absolute atomic E-state index is 4.84. The summed E-state index contributed by atoms with van der Waals surface area (Å²) in [6.45, 7) is 16.1. The highest BCUT2D eigenvalue weighted by Gasteiger charge is 2.19. The van der Waals surface area contributed by atoms with Crippen LogP contribution in [-0.2, 0) is 6.54 Å². The van der Waals surface area contributed by atoms with Crippen LogP contribution in [0.4, 0.5) is 0 Å². The van der Waals surface area contributed by atoms with Gasteiger partial charge in [0, 0.05) is 63.6 Å².